The Morgan fingerprint density at radius 2 is 1.42 bits per heavy atom. The fourth-order valence-corrected chi connectivity index (χ4v) is 4.79. The lowest BCUT2D eigenvalue weighted by molar-refractivity contribution is 0.0443. The third-order valence-corrected chi connectivity index (χ3v) is 7.92. The van der Waals surface area contributed by atoms with Gasteiger partial charge in [-0.1, -0.05) is 17.7 Å². The third-order valence-electron chi connectivity index (χ3n) is 6.62. The van der Waals surface area contributed by atoms with E-state index in [0.717, 1.165) is 5.56 Å². The van der Waals surface area contributed by atoms with Gasteiger partial charge < -0.3 is 39.0 Å². The van der Waals surface area contributed by atoms with Gasteiger partial charge >= 0.3 is 11.9 Å². The number of methoxy groups -OCH3 is 2. The summed E-state index contributed by atoms with van der Waals surface area (Å²) in [6.45, 7) is 6.06. The first-order valence-corrected chi connectivity index (χ1v) is 15.0. The number of fused-ring (bicyclic) bond motifs is 1. The molecule has 0 bridgehead atoms. The molecule has 45 heavy (non-hydrogen) atoms. The van der Waals surface area contributed by atoms with Crippen molar-refractivity contribution in [3.05, 3.63) is 76.3 Å². The molecule has 13 nitrogen and oxygen atoms in total. The Labute approximate surface area is 261 Å². The molecule has 0 aliphatic carbocycles. The number of hydrogen-bond acceptors (Lipinski definition) is 13. The van der Waals surface area contributed by atoms with Crippen LogP contribution in [0, 0.1) is 20.8 Å². The van der Waals surface area contributed by atoms with E-state index >= 15 is 0 Å². The smallest absolute Gasteiger partial charge is 0.338 e. The molecule has 2 heterocycles. The third kappa shape index (κ3) is 9.31. The standard InChI is InChI=1S/C12H14O5.C10H12O4S.C9H10O4/c1-7-9(12(14)15-2)3-4-10-11(7)17-8(5-13)6-16-10;1-8-2-4-10(5-3-8)15(11,12)14-7-9-6-13-9;1-5-6(9(12)13-2)3-4-7(10)8(5)11/h3-4,8,13H,5-6H2,1-2H3;2-5,9H,6-7H2,1H3;3-4,10-11H,1-2H3/t8-;9-;/m01./s1. The molecule has 1 fully saturated rings. The van der Waals surface area contributed by atoms with Crippen molar-refractivity contribution >= 4 is 22.1 Å². The van der Waals surface area contributed by atoms with Gasteiger partial charge in [-0.2, -0.15) is 8.42 Å². The number of carbonyl (C=O) groups excluding carboxylic acids is 2. The zero-order chi connectivity index (χ0) is 33.3. The van der Waals surface area contributed by atoms with Gasteiger partial charge in [-0.15, -0.1) is 0 Å². The fraction of sp³-hybridized carbons (Fsp3) is 0.355. The first-order valence-electron chi connectivity index (χ1n) is 13.6. The first kappa shape index (κ1) is 35.1. The largest absolute Gasteiger partial charge is 0.504 e. The highest BCUT2D eigenvalue weighted by Crippen LogP contribution is 2.37. The number of hydrogen-bond donors (Lipinski definition) is 3. The number of aromatic hydroxyl groups is 2. The van der Waals surface area contributed by atoms with Crippen LogP contribution >= 0.6 is 0 Å². The Kier molecular flexibility index (Phi) is 12.1. The summed E-state index contributed by atoms with van der Waals surface area (Å²) in [7, 11) is -1.03. The number of aryl methyl sites for hydroxylation is 1. The number of phenols is 2. The molecular weight excluding hydrogens is 612 g/mol. The molecule has 3 aromatic rings. The summed E-state index contributed by atoms with van der Waals surface area (Å²) in [4.78, 5) is 22.8. The molecule has 0 unspecified atom stereocenters. The quantitative estimate of drug-likeness (QED) is 0.147. The average Bonchev–Trinajstić information content (AvgIpc) is 3.88. The lowest BCUT2D eigenvalue weighted by Crippen LogP contribution is -2.32. The summed E-state index contributed by atoms with van der Waals surface area (Å²) in [5.41, 5.74) is 2.67. The minimum atomic E-state index is -3.61. The summed E-state index contributed by atoms with van der Waals surface area (Å²) in [6.07, 6.45) is -0.445. The van der Waals surface area contributed by atoms with Gasteiger partial charge in [0.2, 0.25) is 0 Å². The molecule has 0 spiro atoms. The lowest BCUT2D eigenvalue weighted by atomic mass is 10.1. The van der Waals surface area contributed by atoms with Crippen LogP contribution in [0.1, 0.15) is 37.4 Å². The highest BCUT2D eigenvalue weighted by atomic mass is 32.2. The Morgan fingerprint density at radius 3 is 1.98 bits per heavy atom. The van der Waals surface area contributed by atoms with Crippen LogP contribution in [0.15, 0.2) is 53.4 Å². The number of benzene rings is 3. The Hall–Kier alpha value is -4.37. The van der Waals surface area contributed by atoms with Crippen LogP contribution in [0.3, 0.4) is 0 Å². The second-order valence-electron chi connectivity index (χ2n) is 9.89. The minimum Gasteiger partial charge on any atom is -0.504 e. The van der Waals surface area contributed by atoms with Gasteiger partial charge in [0.15, 0.2) is 29.1 Å². The Balaban J connectivity index is 0.000000186. The van der Waals surface area contributed by atoms with Crippen LogP contribution in [0.2, 0.25) is 0 Å². The van der Waals surface area contributed by atoms with Crippen molar-refractivity contribution in [1.82, 2.24) is 0 Å². The van der Waals surface area contributed by atoms with Crippen LogP contribution in [-0.2, 0) is 28.5 Å². The highest BCUT2D eigenvalue weighted by molar-refractivity contribution is 7.86. The van der Waals surface area contributed by atoms with Crippen molar-refractivity contribution in [2.24, 2.45) is 0 Å². The summed E-state index contributed by atoms with van der Waals surface area (Å²) < 4.78 is 53.1. The number of aliphatic hydroxyl groups excluding tert-OH is 1. The number of phenolic OH excluding ortho intramolecular Hbond substituents is 2. The summed E-state index contributed by atoms with van der Waals surface area (Å²) in [6, 6.07) is 12.5. The van der Waals surface area contributed by atoms with Gasteiger partial charge in [0.25, 0.3) is 10.1 Å². The molecular formula is C31H36O13S. The van der Waals surface area contributed by atoms with Crippen LogP contribution < -0.4 is 9.47 Å². The summed E-state index contributed by atoms with van der Waals surface area (Å²) in [5, 5.41) is 27.4. The van der Waals surface area contributed by atoms with Gasteiger partial charge in [0.1, 0.15) is 12.7 Å². The van der Waals surface area contributed by atoms with E-state index in [1.165, 1.54) is 33.3 Å². The number of rotatable bonds is 7. The van der Waals surface area contributed by atoms with Crippen molar-refractivity contribution in [3.8, 4) is 23.0 Å². The van der Waals surface area contributed by atoms with E-state index in [1.807, 2.05) is 6.92 Å². The van der Waals surface area contributed by atoms with E-state index in [-0.39, 0.29) is 41.3 Å². The maximum atomic E-state index is 11.6. The van der Waals surface area contributed by atoms with Crippen LogP contribution in [0.4, 0.5) is 0 Å². The van der Waals surface area contributed by atoms with Crippen molar-refractivity contribution in [1.29, 1.82) is 0 Å². The van der Waals surface area contributed by atoms with E-state index in [2.05, 4.69) is 9.47 Å². The van der Waals surface area contributed by atoms with E-state index in [9.17, 15) is 23.1 Å². The molecule has 3 aromatic carbocycles. The molecule has 2 aliphatic heterocycles. The minimum absolute atomic E-state index is 0.0507. The molecule has 0 aromatic heterocycles. The van der Waals surface area contributed by atoms with E-state index < -0.39 is 28.2 Å². The lowest BCUT2D eigenvalue weighted by Gasteiger charge is -2.27. The molecule has 2 aliphatic rings. The molecule has 0 saturated carbocycles. The van der Waals surface area contributed by atoms with Crippen LogP contribution in [-0.4, -0.2) is 88.5 Å². The highest BCUT2D eigenvalue weighted by Gasteiger charge is 2.27. The maximum absolute atomic E-state index is 11.6. The van der Waals surface area contributed by atoms with Crippen LogP contribution in [0.25, 0.3) is 0 Å². The number of esters is 2. The molecule has 0 amide bonds. The zero-order valence-electron chi connectivity index (χ0n) is 25.4. The molecule has 14 heteroatoms. The van der Waals surface area contributed by atoms with E-state index in [0.29, 0.717) is 41.4 Å². The second-order valence-corrected chi connectivity index (χ2v) is 11.5. The maximum Gasteiger partial charge on any atom is 0.338 e. The summed E-state index contributed by atoms with van der Waals surface area (Å²) >= 11 is 0. The normalized spacial score (nSPS) is 16.2. The average molecular weight is 649 g/mol. The van der Waals surface area contributed by atoms with Crippen LogP contribution in [0.5, 0.6) is 23.0 Å². The predicted molar refractivity (Wildman–Crippen MR) is 159 cm³/mol. The fourth-order valence-electron chi connectivity index (χ4n) is 3.85. The zero-order valence-corrected chi connectivity index (χ0v) is 26.3. The molecule has 244 valence electrons. The van der Waals surface area contributed by atoms with Gasteiger partial charge in [-0.05, 0) is 57.2 Å². The SMILES string of the molecule is COC(=O)c1ccc(O)c(O)c1C.COC(=O)c1ccc2c(c1C)O[C@@H](CO)CO2.Cc1ccc(S(=O)(=O)OC[C@H]2CO2)cc1. The van der Waals surface area contributed by atoms with E-state index in [4.69, 9.17) is 28.6 Å². The van der Waals surface area contributed by atoms with Crippen molar-refractivity contribution in [3.63, 3.8) is 0 Å². The topological polar surface area (TPSA) is 188 Å². The predicted octanol–water partition coefficient (Wildman–Crippen LogP) is 3.21. The van der Waals surface area contributed by atoms with Gasteiger partial charge in [0, 0.05) is 11.1 Å². The first-order chi connectivity index (χ1) is 21.3. The molecule has 5 rings (SSSR count). The second kappa shape index (κ2) is 15.6. The number of carbonyl (C=O) groups is 2. The van der Waals surface area contributed by atoms with Crippen molar-refractivity contribution in [2.75, 3.05) is 40.6 Å². The molecule has 2 atom stereocenters. The monoisotopic (exact) mass is 648 g/mol. The number of epoxide rings is 1. The number of ether oxygens (including phenoxy) is 5. The molecule has 1 saturated heterocycles. The Bertz CT molecular complexity index is 1600. The summed E-state index contributed by atoms with van der Waals surface area (Å²) in [5.74, 6) is -0.404. The van der Waals surface area contributed by atoms with E-state index in [1.54, 1.807) is 43.3 Å². The molecule has 0 radical (unpaired) electrons. The van der Waals surface area contributed by atoms with Gasteiger partial charge in [-0.25, -0.2) is 9.59 Å². The van der Waals surface area contributed by atoms with Gasteiger partial charge in [-0.3, -0.25) is 4.18 Å². The van der Waals surface area contributed by atoms with Crippen molar-refractivity contribution < 1.29 is 61.2 Å². The number of aliphatic hydroxyl groups is 1. The Morgan fingerprint density at radius 1 is 0.844 bits per heavy atom. The van der Waals surface area contributed by atoms with Crippen molar-refractivity contribution in [2.45, 2.75) is 37.9 Å². The van der Waals surface area contributed by atoms with Gasteiger partial charge in [0.05, 0.1) is 50.1 Å². The molecule has 3 N–H and O–H groups in total.